The van der Waals surface area contributed by atoms with Crippen molar-refractivity contribution >= 4 is 28.6 Å². The van der Waals surface area contributed by atoms with E-state index in [0.29, 0.717) is 12.5 Å². The van der Waals surface area contributed by atoms with Crippen molar-refractivity contribution in [1.82, 2.24) is 19.4 Å². The lowest BCUT2D eigenvalue weighted by atomic mass is 9.84. The van der Waals surface area contributed by atoms with Crippen molar-refractivity contribution in [2.75, 3.05) is 32.6 Å². The molecule has 1 amide bonds. The quantitative estimate of drug-likeness (QED) is 0.624. The maximum absolute atomic E-state index is 11.1. The zero-order chi connectivity index (χ0) is 21.1. The summed E-state index contributed by atoms with van der Waals surface area (Å²) in [5, 5.41) is 4.19. The number of aromatic nitrogens is 3. The topological polar surface area (TPSA) is 98.3 Å². The van der Waals surface area contributed by atoms with E-state index in [9.17, 15) is 4.79 Å². The summed E-state index contributed by atoms with van der Waals surface area (Å²) in [6, 6.07) is 10.2. The van der Waals surface area contributed by atoms with Crippen LogP contribution in [0.2, 0.25) is 0 Å². The Bertz CT molecular complexity index is 1020. The molecule has 1 fully saturated rings. The molecule has 0 spiro atoms. The number of primary amides is 1. The van der Waals surface area contributed by atoms with E-state index < -0.39 is 0 Å². The number of methoxy groups -OCH3 is 1. The van der Waals surface area contributed by atoms with Crippen LogP contribution < -0.4 is 11.1 Å². The van der Waals surface area contributed by atoms with E-state index in [4.69, 9.17) is 10.5 Å². The van der Waals surface area contributed by atoms with Gasteiger partial charge in [-0.05, 0) is 43.7 Å². The molecule has 0 atom stereocenters. The normalized spacial score (nSPS) is 16.6. The van der Waals surface area contributed by atoms with Crippen LogP contribution in [0.3, 0.4) is 0 Å². The zero-order valence-electron chi connectivity index (χ0n) is 17.5. The molecule has 4 rings (SSSR count). The maximum Gasteiger partial charge on any atom is 0.229 e. The first-order valence-electron chi connectivity index (χ1n) is 10.2. The molecular weight excluding hydrogens is 380 g/mol. The van der Waals surface area contributed by atoms with Gasteiger partial charge in [-0.15, -0.1) is 0 Å². The lowest BCUT2D eigenvalue weighted by Gasteiger charge is -2.40. The number of benzene rings is 1. The molecule has 1 aliphatic rings. The second-order valence-corrected chi connectivity index (χ2v) is 7.90. The largest absolute Gasteiger partial charge is 0.373 e. The first-order chi connectivity index (χ1) is 14.5. The van der Waals surface area contributed by atoms with E-state index in [2.05, 4.69) is 39.4 Å². The second kappa shape index (κ2) is 8.41. The number of amides is 1. The van der Waals surface area contributed by atoms with Crippen LogP contribution in [0, 0.1) is 0 Å². The van der Waals surface area contributed by atoms with Crippen LogP contribution in [0.4, 0.5) is 11.6 Å². The number of nitrogens with one attached hydrogen (secondary N) is 1. The zero-order valence-corrected chi connectivity index (χ0v) is 17.5. The fourth-order valence-electron chi connectivity index (χ4n) is 4.02. The highest BCUT2D eigenvalue weighted by Gasteiger charge is 2.35. The van der Waals surface area contributed by atoms with E-state index in [1.807, 2.05) is 29.0 Å². The minimum Gasteiger partial charge on any atom is -0.373 e. The van der Waals surface area contributed by atoms with Gasteiger partial charge in [0, 0.05) is 56.6 Å². The number of ether oxygens (including phenoxy) is 1. The number of rotatable bonds is 7. The SMILES string of the molecule is COC1(c2ccc(Nc3ncc4ccn(CCC(N)=O)c4n3)cc2)CCN(C)CC1. The van der Waals surface area contributed by atoms with Crippen LogP contribution >= 0.6 is 0 Å². The second-order valence-electron chi connectivity index (χ2n) is 7.90. The number of hydrogen-bond acceptors (Lipinski definition) is 6. The standard InChI is InChI=1S/C22H28N6O2/c1-27-13-9-22(30-2,10-14-27)17-3-5-18(6-4-17)25-21-24-15-16-7-11-28(20(16)26-21)12-8-19(23)29/h3-7,11,15H,8-10,12-14H2,1-2H3,(H2,23,29)(H,24,25,26). The summed E-state index contributed by atoms with van der Waals surface area (Å²) in [6.45, 7) is 2.55. The summed E-state index contributed by atoms with van der Waals surface area (Å²) < 4.78 is 7.87. The summed E-state index contributed by atoms with van der Waals surface area (Å²) in [4.78, 5) is 22.4. The Morgan fingerprint density at radius 3 is 2.63 bits per heavy atom. The molecular formula is C22H28N6O2. The predicted octanol–water partition coefficient (Wildman–Crippen LogP) is 2.62. The van der Waals surface area contributed by atoms with Crippen LogP contribution in [0.1, 0.15) is 24.8 Å². The molecule has 0 bridgehead atoms. The van der Waals surface area contributed by atoms with Crippen molar-refractivity contribution in [3.63, 3.8) is 0 Å². The van der Waals surface area contributed by atoms with Gasteiger partial charge in [-0.1, -0.05) is 12.1 Å². The first kappa shape index (κ1) is 20.3. The van der Waals surface area contributed by atoms with Crippen molar-refractivity contribution in [3.8, 4) is 0 Å². The molecule has 0 saturated carbocycles. The molecule has 1 aliphatic heterocycles. The van der Waals surface area contributed by atoms with Crippen LogP contribution in [-0.2, 0) is 21.7 Å². The highest BCUT2D eigenvalue weighted by molar-refractivity contribution is 5.77. The molecule has 8 nitrogen and oxygen atoms in total. The molecule has 3 aromatic rings. The van der Waals surface area contributed by atoms with Gasteiger partial charge in [-0.25, -0.2) is 4.98 Å². The van der Waals surface area contributed by atoms with E-state index in [1.165, 1.54) is 5.56 Å². The number of aryl methyl sites for hydroxylation is 1. The maximum atomic E-state index is 11.1. The van der Waals surface area contributed by atoms with Gasteiger partial charge in [0.25, 0.3) is 0 Å². The van der Waals surface area contributed by atoms with Gasteiger partial charge in [0.2, 0.25) is 11.9 Å². The number of nitrogens with two attached hydrogens (primary N) is 1. The average Bonchev–Trinajstić information content (AvgIpc) is 3.16. The Balaban J connectivity index is 1.51. The smallest absolute Gasteiger partial charge is 0.229 e. The molecule has 1 aromatic carbocycles. The number of anilines is 2. The number of carbonyl (C=O) groups is 1. The molecule has 30 heavy (non-hydrogen) atoms. The minimum absolute atomic E-state index is 0.221. The van der Waals surface area contributed by atoms with E-state index in [0.717, 1.165) is 42.7 Å². The number of fused-ring (bicyclic) bond motifs is 1. The van der Waals surface area contributed by atoms with Gasteiger partial charge in [-0.2, -0.15) is 4.98 Å². The fraction of sp³-hybridized carbons (Fsp3) is 0.409. The third kappa shape index (κ3) is 4.15. The Hall–Kier alpha value is -2.97. The van der Waals surface area contributed by atoms with Gasteiger partial charge in [0.05, 0.1) is 5.60 Å². The van der Waals surface area contributed by atoms with Crippen molar-refractivity contribution < 1.29 is 9.53 Å². The first-order valence-corrected chi connectivity index (χ1v) is 10.2. The number of carbonyl (C=O) groups excluding carboxylic acids is 1. The number of nitrogens with zero attached hydrogens (tertiary/aromatic N) is 4. The predicted molar refractivity (Wildman–Crippen MR) is 116 cm³/mol. The number of piperidine rings is 1. The summed E-state index contributed by atoms with van der Waals surface area (Å²) in [5.74, 6) is 0.179. The molecule has 0 aliphatic carbocycles. The van der Waals surface area contributed by atoms with Crippen molar-refractivity contribution in [2.24, 2.45) is 5.73 Å². The van der Waals surface area contributed by atoms with Crippen LogP contribution in [0.15, 0.2) is 42.7 Å². The summed E-state index contributed by atoms with van der Waals surface area (Å²) in [6.07, 6.45) is 5.91. The third-order valence-corrected chi connectivity index (χ3v) is 5.95. The van der Waals surface area contributed by atoms with Gasteiger partial charge in [0.1, 0.15) is 5.65 Å². The molecule has 1 saturated heterocycles. The summed E-state index contributed by atoms with van der Waals surface area (Å²) >= 11 is 0. The monoisotopic (exact) mass is 408 g/mol. The van der Waals surface area contributed by atoms with Crippen molar-refractivity contribution in [3.05, 3.63) is 48.3 Å². The van der Waals surface area contributed by atoms with Crippen LogP contribution in [-0.4, -0.2) is 52.6 Å². The Morgan fingerprint density at radius 1 is 1.23 bits per heavy atom. The molecule has 0 radical (unpaired) electrons. The summed E-state index contributed by atoms with van der Waals surface area (Å²) in [5.41, 5.74) is 7.93. The van der Waals surface area contributed by atoms with Gasteiger partial charge < -0.3 is 25.3 Å². The van der Waals surface area contributed by atoms with Gasteiger partial charge >= 0.3 is 0 Å². The highest BCUT2D eigenvalue weighted by Crippen LogP contribution is 2.36. The Morgan fingerprint density at radius 2 is 1.97 bits per heavy atom. The van der Waals surface area contributed by atoms with Gasteiger partial charge in [0.15, 0.2) is 0 Å². The van der Waals surface area contributed by atoms with E-state index >= 15 is 0 Å². The lowest BCUT2D eigenvalue weighted by Crippen LogP contribution is -2.42. The van der Waals surface area contributed by atoms with Crippen LogP contribution in [0.5, 0.6) is 0 Å². The third-order valence-electron chi connectivity index (χ3n) is 5.95. The number of hydrogen-bond donors (Lipinski definition) is 2. The molecule has 0 unspecified atom stereocenters. The van der Waals surface area contributed by atoms with Crippen molar-refractivity contribution in [2.45, 2.75) is 31.4 Å². The highest BCUT2D eigenvalue weighted by atomic mass is 16.5. The molecule has 3 N–H and O–H groups in total. The molecule has 8 heteroatoms. The van der Waals surface area contributed by atoms with Gasteiger partial charge in [-0.3, -0.25) is 4.79 Å². The number of likely N-dealkylation sites (tertiary alicyclic amines) is 1. The summed E-state index contributed by atoms with van der Waals surface area (Å²) in [7, 11) is 3.95. The molecule has 2 aromatic heterocycles. The molecule has 3 heterocycles. The Labute approximate surface area is 176 Å². The molecule has 158 valence electrons. The fourth-order valence-corrected chi connectivity index (χ4v) is 4.02. The van der Waals surface area contributed by atoms with Crippen molar-refractivity contribution in [1.29, 1.82) is 0 Å². The van der Waals surface area contributed by atoms with E-state index in [-0.39, 0.29) is 17.9 Å². The lowest BCUT2D eigenvalue weighted by molar-refractivity contribution is -0.118. The Kier molecular flexibility index (Phi) is 5.69. The average molecular weight is 409 g/mol. The minimum atomic E-state index is -0.331. The van der Waals surface area contributed by atoms with Crippen LogP contribution in [0.25, 0.3) is 11.0 Å². The van der Waals surface area contributed by atoms with E-state index in [1.54, 1.807) is 13.3 Å².